The third-order valence-corrected chi connectivity index (χ3v) is 3.51. The highest BCUT2D eigenvalue weighted by molar-refractivity contribution is 5.55. The second kappa shape index (κ2) is 9.57. The number of unbranched alkanes of at least 4 members (excludes halogenated alkanes) is 1. The van der Waals surface area contributed by atoms with E-state index in [1.807, 2.05) is 12.1 Å². The fraction of sp³-hybridized carbons (Fsp3) is 0.182. The van der Waals surface area contributed by atoms with Crippen molar-refractivity contribution in [3.05, 3.63) is 95.6 Å². The summed E-state index contributed by atoms with van der Waals surface area (Å²) in [5.41, 5.74) is 3.86. The van der Waals surface area contributed by atoms with Gasteiger partial charge in [0.15, 0.2) is 0 Å². The summed E-state index contributed by atoms with van der Waals surface area (Å²) in [6, 6.07) is 20.9. The first-order valence-corrected chi connectivity index (χ1v) is 8.04. The van der Waals surface area contributed by atoms with Gasteiger partial charge in [0.2, 0.25) is 0 Å². The summed E-state index contributed by atoms with van der Waals surface area (Å²) in [7, 11) is 0. The van der Waals surface area contributed by atoms with Crippen LogP contribution in [0.3, 0.4) is 0 Å². The molecule has 0 nitrogen and oxygen atoms in total. The van der Waals surface area contributed by atoms with Crippen molar-refractivity contribution in [3.63, 3.8) is 0 Å². The van der Waals surface area contributed by atoms with Crippen molar-refractivity contribution in [1.29, 1.82) is 0 Å². The van der Waals surface area contributed by atoms with Gasteiger partial charge in [-0.05, 0) is 29.5 Å². The Balaban J connectivity index is 2.06. The Hall–Kier alpha value is -2.34. The lowest BCUT2D eigenvalue weighted by atomic mass is 10.1. The summed E-state index contributed by atoms with van der Waals surface area (Å²) in [5, 5.41) is 0. The standard InChI is InChI=1S/C22H24/c1-2-3-11-21(18-19-22-14-8-5-9-15-22)17-10-16-20-12-6-4-7-13-20/h4-10,12-19H,2-3,11H2,1H3/b16-10+,19-18+,21-17-. The molecule has 0 aliphatic carbocycles. The summed E-state index contributed by atoms with van der Waals surface area (Å²) in [6.07, 6.45) is 14.5. The third-order valence-electron chi connectivity index (χ3n) is 3.51. The first-order chi connectivity index (χ1) is 10.9. The highest BCUT2D eigenvalue weighted by Gasteiger charge is 1.92. The predicted octanol–water partition coefficient (Wildman–Crippen LogP) is 6.53. The number of rotatable bonds is 7. The number of benzene rings is 2. The summed E-state index contributed by atoms with van der Waals surface area (Å²) >= 11 is 0. The van der Waals surface area contributed by atoms with Gasteiger partial charge < -0.3 is 0 Å². The number of hydrogen-bond acceptors (Lipinski definition) is 0. The lowest BCUT2D eigenvalue weighted by molar-refractivity contribution is 0.798. The molecular weight excluding hydrogens is 264 g/mol. The smallest absolute Gasteiger partial charge is 0.0257 e. The number of allylic oxidation sites excluding steroid dienone is 4. The topological polar surface area (TPSA) is 0 Å². The highest BCUT2D eigenvalue weighted by atomic mass is 14.0. The quantitative estimate of drug-likeness (QED) is 0.508. The predicted molar refractivity (Wildman–Crippen MR) is 98.6 cm³/mol. The first-order valence-electron chi connectivity index (χ1n) is 8.04. The molecule has 0 aromatic heterocycles. The van der Waals surface area contributed by atoms with Gasteiger partial charge in [0.25, 0.3) is 0 Å². The molecule has 0 saturated carbocycles. The zero-order valence-electron chi connectivity index (χ0n) is 13.3. The SMILES string of the molecule is CCCCC(=C/C=C/c1ccccc1)/C=C/c1ccccc1. The van der Waals surface area contributed by atoms with Crippen LogP contribution in [0.5, 0.6) is 0 Å². The van der Waals surface area contributed by atoms with E-state index >= 15 is 0 Å². The molecule has 0 spiro atoms. The monoisotopic (exact) mass is 288 g/mol. The molecule has 0 amide bonds. The molecule has 0 aliphatic heterocycles. The molecule has 0 atom stereocenters. The summed E-state index contributed by atoms with van der Waals surface area (Å²) in [5.74, 6) is 0. The van der Waals surface area contributed by atoms with Gasteiger partial charge in [-0.2, -0.15) is 0 Å². The Kier molecular flexibility index (Phi) is 6.98. The van der Waals surface area contributed by atoms with E-state index in [0.717, 1.165) is 6.42 Å². The maximum Gasteiger partial charge on any atom is -0.0257 e. The molecule has 2 aromatic carbocycles. The minimum atomic E-state index is 1.12. The van der Waals surface area contributed by atoms with Crippen molar-refractivity contribution < 1.29 is 0 Å². The normalized spacial score (nSPS) is 12.3. The van der Waals surface area contributed by atoms with Crippen LogP contribution in [-0.2, 0) is 0 Å². The van der Waals surface area contributed by atoms with Crippen LogP contribution in [0.1, 0.15) is 37.3 Å². The summed E-state index contributed by atoms with van der Waals surface area (Å²) < 4.78 is 0. The average molecular weight is 288 g/mol. The van der Waals surface area contributed by atoms with Gasteiger partial charge in [-0.1, -0.05) is 104 Å². The van der Waals surface area contributed by atoms with Crippen molar-refractivity contribution in [2.24, 2.45) is 0 Å². The maximum atomic E-state index is 2.24. The Morgan fingerprint density at radius 3 is 2.00 bits per heavy atom. The van der Waals surface area contributed by atoms with Crippen LogP contribution < -0.4 is 0 Å². The van der Waals surface area contributed by atoms with Gasteiger partial charge in [-0.25, -0.2) is 0 Å². The van der Waals surface area contributed by atoms with E-state index in [1.54, 1.807) is 0 Å². The van der Waals surface area contributed by atoms with Gasteiger partial charge in [0, 0.05) is 0 Å². The van der Waals surface area contributed by atoms with E-state index in [-0.39, 0.29) is 0 Å². The van der Waals surface area contributed by atoms with Gasteiger partial charge in [0.1, 0.15) is 0 Å². The van der Waals surface area contributed by atoms with Crippen LogP contribution in [0.2, 0.25) is 0 Å². The first kappa shape index (κ1) is 16.0. The van der Waals surface area contributed by atoms with E-state index in [0.29, 0.717) is 0 Å². The minimum Gasteiger partial charge on any atom is -0.0654 e. The van der Waals surface area contributed by atoms with Crippen molar-refractivity contribution in [3.8, 4) is 0 Å². The van der Waals surface area contributed by atoms with Crippen LogP contribution in [0.4, 0.5) is 0 Å². The molecule has 2 aromatic rings. The van der Waals surface area contributed by atoms with Crippen LogP contribution >= 0.6 is 0 Å². The molecule has 112 valence electrons. The van der Waals surface area contributed by atoms with E-state index in [2.05, 4.69) is 85.8 Å². The summed E-state index contributed by atoms with van der Waals surface area (Å²) in [4.78, 5) is 0. The molecule has 0 heteroatoms. The molecule has 22 heavy (non-hydrogen) atoms. The fourth-order valence-electron chi connectivity index (χ4n) is 2.22. The third kappa shape index (κ3) is 5.97. The Bertz CT molecular complexity index is 616. The van der Waals surface area contributed by atoms with Gasteiger partial charge in [-0.15, -0.1) is 0 Å². The molecule has 0 unspecified atom stereocenters. The van der Waals surface area contributed by atoms with Crippen LogP contribution in [0.25, 0.3) is 12.2 Å². The molecule has 2 rings (SSSR count). The Morgan fingerprint density at radius 2 is 1.41 bits per heavy atom. The lowest BCUT2D eigenvalue weighted by Gasteiger charge is -2.00. The average Bonchev–Trinajstić information content (AvgIpc) is 2.58. The zero-order chi connectivity index (χ0) is 15.5. The van der Waals surface area contributed by atoms with E-state index in [9.17, 15) is 0 Å². The minimum absolute atomic E-state index is 1.12. The number of hydrogen-bond donors (Lipinski definition) is 0. The Morgan fingerprint density at radius 1 is 0.818 bits per heavy atom. The molecule has 0 aliphatic rings. The molecule has 0 N–H and O–H groups in total. The molecule has 0 heterocycles. The van der Waals surface area contributed by atoms with Crippen LogP contribution in [0, 0.1) is 0 Å². The largest absolute Gasteiger partial charge is 0.0654 e. The highest BCUT2D eigenvalue weighted by Crippen LogP contribution is 2.13. The van der Waals surface area contributed by atoms with Crippen molar-refractivity contribution in [2.75, 3.05) is 0 Å². The second-order valence-electron chi connectivity index (χ2n) is 5.36. The van der Waals surface area contributed by atoms with Gasteiger partial charge in [0.05, 0.1) is 0 Å². The lowest BCUT2D eigenvalue weighted by Crippen LogP contribution is -1.79. The van der Waals surface area contributed by atoms with Crippen LogP contribution in [-0.4, -0.2) is 0 Å². The summed E-state index contributed by atoms with van der Waals surface area (Å²) in [6.45, 7) is 2.23. The molecule has 0 fully saturated rings. The Labute approximate surface area is 134 Å². The van der Waals surface area contributed by atoms with Crippen molar-refractivity contribution in [1.82, 2.24) is 0 Å². The second-order valence-corrected chi connectivity index (χ2v) is 5.36. The zero-order valence-corrected chi connectivity index (χ0v) is 13.3. The van der Waals surface area contributed by atoms with Crippen molar-refractivity contribution in [2.45, 2.75) is 26.2 Å². The fourth-order valence-corrected chi connectivity index (χ4v) is 2.22. The molecule has 0 radical (unpaired) electrons. The van der Waals surface area contributed by atoms with E-state index in [4.69, 9.17) is 0 Å². The molecule has 0 saturated heterocycles. The van der Waals surface area contributed by atoms with E-state index < -0.39 is 0 Å². The van der Waals surface area contributed by atoms with Crippen molar-refractivity contribution >= 4 is 12.2 Å². The molecular formula is C22H24. The van der Waals surface area contributed by atoms with Crippen LogP contribution in [0.15, 0.2) is 84.5 Å². The van der Waals surface area contributed by atoms with Gasteiger partial charge >= 0.3 is 0 Å². The molecule has 0 bridgehead atoms. The maximum absolute atomic E-state index is 2.24. The van der Waals surface area contributed by atoms with E-state index in [1.165, 1.54) is 29.5 Å². The van der Waals surface area contributed by atoms with Gasteiger partial charge in [-0.3, -0.25) is 0 Å².